The van der Waals surface area contributed by atoms with Gasteiger partial charge in [-0.15, -0.1) is 0 Å². The smallest absolute Gasteiger partial charge is 0.338 e. The highest BCUT2D eigenvalue weighted by Gasteiger charge is 2.20. The Labute approximate surface area is 222 Å². The van der Waals surface area contributed by atoms with E-state index in [1.54, 1.807) is 13.0 Å². The first-order valence-corrected chi connectivity index (χ1v) is 12.1. The minimum atomic E-state index is -0.400. The quantitative estimate of drug-likeness (QED) is 0.152. The zero-order valence-corrected chi connectivity index (χ0v) is 21.7. The van der Waals surface area contributed by atoms with E-state index in [-0.39, 0.29) is 5.78 Å². The van der Waals surface area contributed by atoms with E-state index in [4.69, 9.17) is 14.4 Å². The van der Waals surface area contributed by atoms with Crippen LogP contribution in [0.4, 0.5) is 5.69 Å². The maximum Gasteiger partial charge on any atom is 0.338 e. The summed E-state index contributed by atoms with van der Waals surface area (Å²) in [5.74, 6) is -0.435. The fourth-order valence-corrected chi connectivity index (χ4v) is 4.41. The van der Waals surface area contributed by atoms with Crippen LogP contribution in [0.15, 0.2) is 84.9 Å². The van der Waals surface area contributed by atoms with Gasteiger partial charge in [0.25, 0.3) is 0 Å². The molecule has 0 saturated carbocycles. The van der Waals surface area contributed by atoms with Crippen LogP contribution in [0.25, 0.3) is 10.8 Å². The molecule has 0 aliphatic carbocycles. The fourth-order valence-electron chi connectivity index (χ4n) is 4.41. The van der Waals surface area contributed by atoms with Crippen LogP contribution in [0.3, 0.4) is 0 Å². The van der Waals surface area contributed by atoms with Crippen LogP contribution >= 0.6 is 0 Å². The maximum atomic E-state index is 12.7. The van der Waals surface area contributed by atoms with E-state index < -0.39 is 5.97 Å². The van der Waals surface area contributed by atoms with Gasteiger partial charge in [-0.1, -0.05) is 78.4 Å². The molecule has 0 aromatic heterocycles. The van der Waals surface area contributed by atoms with Gasteiger partial charge in [0.15, 0.2) is 5.78 Å². The fraction of sp³-hybridized carbons (Fsp3) is 0.194. The number of carbonyl (C=O) groups excluding carboxylic acids is 3. The van der Waals surface area contributed by atoms with Gasteiger partial charge in [-0.05, 0) is 55.0 Å². The van der Waals surface area contributed by atoms with Crippen molar-refractivity contribution in [2.75, 3.05) is 19.0 Å². The van der Waals surface area contributed by atoms with Gasteiger partial charge in [0, 0.05) is 28.6 Å². The van der Waals surface area contributed by atoms with Gasteiger partial charge in [0.1, 0.15) is 6.79 Å². The molecule has 4 aromatic carbocycles. The highest BCUT2D eigenvalue weighted by Crippen LogP contribution is 2.34. The Morgan fingerprint density at radius 1 is 0.737 bits per heavy atom. The number of esters is 1. The second kappa shape index (κ2) is 15.5. The number of benzene rings is 4. The van der Waals surface area contributed by atoms with Crippen molar-refractivity contribution in [3.63, 3.8) is 0 Å². The standard InChI is InChI=1S/C30H29NO3.CH2O.HNO/c1-21(32)25-16-15-24(14-13-22-9-5-3-6-10-22)28-26(30(33)34-2)17-18-27(29(25)28)31-20-19-23-11-7-4-8-12-23;2*1-2/h3-12,15-18,31H,13-14,19-20H2,1-2H3;1H2;1H. The summed E-state index contributed by atoms with van der Waals surface area (Å²) in [6.07, 6.45) is 2.43. The molecule has 0 amide bonds. The molecule has 196 valence electrons. The average Bonchev–Trinajstić information content (AvgIpc) is 2.98. The van der Waals surface area contributed by atoms with Crippen molar-refractivity contribution in [1.82, 2.24) is 0 Å². The lowest BCUT2D eigenvalue weighted by Crippen LogP contribution is -2.10. The summed E-state index contributed by atoms with van der Waals surface area (Å²) in [7, 11) is 1.39. The third kappa shape index (κ3) is 7.43. The van der Waals surface area contributed by atoms with Crippen molar-refractivity contribution < 1.29 is 19.1 Å². The molecule has 0 aliphatic rings. The van der Waals surface area contributed by atoms with Crippen LogP contribution in [-0.4, -0.2) is 32.2 Å². The lowest BCUT2D eigenvalue weighted by atomic mass is 9.90. The number of nitrogens with one attached hydrogen (secondary N) is 2. The second-order valence-electron chi connectivity index (χ2n) is 8.38. The molecule has 0 saturated heterocycles. The van der Waals surface area contributed by atoms with Crippen molar-refractivity contribution in [3.05, 3.63) is 118 Å². The van der Waals surface area contributed by atoms with E-state index >= 15 is 0 Å². The molecule has 0 spiro atoms. The number of ether oxygens (including phenoxy) is 1. The molecule has 0 fully saturated rings. The highest BCUT2D eigenvalue weighted by molar-refractivity contribution is 6.17. The number of rotatable bonds is 9. The Kier molecular flexibility index (Phi) is 12.0. The number of methoxy groups -OCH3 is 1. The van der Waals surface area contributed by atoms with E-state index in [2.05, 4.69) is 35.2 Å². The van der Waals surface area contributed by atoms with Crippen LogP contribution in [-0.2, 0) is 28.8 Å². The first-order chi connectivity index (χ1) is 18.6. The van der Waals surface area contributed by atoms with Crippen LogP contribution in [0.5, 0.6) is 0 Å². The molecule has 0 heterocycles. The summed E-state index contributed by atoms with van der Waals surface area (Å²) in [5, 5.41) is 5.09. The monoisotopic (exact) mass is 512 g/mol. The van der Waals surface area contributed by atoms with Crippen LogP contribution in [0.2, 0.25) is 0 Å². The number of ketones is 1. The number of anilines is 1. The largest absolute Gasteiger partial charge is 0.465 e. The van der Waals surface area contributed by atoms with Crippen molar-refractivity contribution in [2.24, 2.45) is 0 Å². The summed E-state index contributed by atoms with van der Waals surface area (Å²) >= 11 is 0. The first kappa shape index (κ1) is 29.6. The average molecular weight is 513 g/mol. The Hall–Kier alpha value is -4.65. The summed E-state index contributed by atoms with van der Waals surface area (Å²) < 4.78 is 5.10. The molecule has 0 atom stereocenters. The zero-order valence-electron chi connectivity index (χ0n) is 21.7. The number of nitroso groups, excluding NO2 is 1. The Morgan fingerprint density at radius 3 is 1.84 bits per heavy atom. The van der Waals surface area contributed by atoms with Crippen molar-refractivity contribution in [2.45, 2.75) is 26.2 Å². The van der Waals surface area contributed by atoms with Gasteiger partial charge in [0.05, 0.1) is 12.7 Å². The number of hydrogen-bond donors (Lipinski definition) is 2. The van der Waals surface area contributed by atoms with E-state index in [1.807, 2.05) is 61.4 Å². The topological polar surface area (TPSA) is 113 Å². The van der Waals surface area contributed by atoms with Gasteiger partial charge >= 0.3 is 5.97 Å². The Morgan fingerprint density at radius 2 is 1.29 bits per heavy atom. The normalized spacial score (nSPS) is 9.84. The SMILES string of the molecule is C=O.COC(=O)c1ccc(NCCc2ccccc2)c2c(C(C)=O)ccc(CCc3ccccc3)c12.N=O. The minimum absolute atomic E-state index is 0.0345. The Bertz CT molecular complexity index is 1340. The van der Waals surface area contributed by atoms with E-state index in [0.717, 1.165) is 41.3 Å². The van der Waals surface area contributed by atoms with Gasteiger partial charge in [-0.2, -0.15) is 4.91 Å². The third-order valence-electron chi connectivity index (χ3n) is 6.13. The summed E-state index contributed by atoms with van der Waals surface area (Å²) in [6, 6.07) is 28.1. The van der Waals surface area contributed by atoms with Gasteiger partial charge in [-0.25, -0.2) is 4.79 Å². The van der Waals surface area contributed by atoms with Crippen molar-refractivity contribution >= 4 is 35.0 Å². The summed E-state index contributed by atoms with van der Waals surface area (Å²) in [5.41, 5.74) is 9.92. The predicted molar refractivity (Wildman–Crippen MR) is 151 cm³/mol. The van der Waals surface area contributed by atoms with Crippen LogP contribution in [0.1, 0.15) is 44.3 Å². The second-order valence-corrected chi connectivity index (χ2v) is 8.38. The van der Waals surface area contributed by atoms with Gasteiger partial charge in [-0.3, -0.25) is 4.79 Å². The predicted octanol–water partition coefficient (Wildman–Crippen LogP) is 6.42. The van der Waals surface area contributed by atoms with Crippen LogP contribution in [0, 0.1) is 10.5 Å². The number of hydrogen-bond acceptors (Lipinski definition) is 7. The third-order valence-corrected chi connectivity index (χ3v) is 6.13. The molecule has 0 unspecified atom stereocenters. The minimum Gasteiger partial charge on any atom is -0.465 e. The molecule has 0 aliphatic heterocycles. The highest BCUT2D eigenvalue weighted by atomic mass is 16.5. The molecule has 0 bridgehead atoms. The van der Waals surface area contributed by atoms with Crippen LogP contribution < -0.4 is 5.32 Å². The molecule has 38 heavy (non-hydrogen) atoms. The molecule has 7 nitrogen and oxygen atoms in total. The summed E-state index contributed by atoms with van der Waals surface area (Å²) in [6.45, 7) is 4.28. The molecule has 7 heteroatoms. The molecule has 4 aromatic rings. The number of carbonyl (C=O) groups is 3. The van der Waals surface area contributed by atoms with E-state index in [0.29, 0.717) is 17.7 Å². The molecule has 2 N–H and O–H groups in total. The lowest BCUT2D eigenvalue weighted by Gasteiger charge is -2.18. The summed E-state index contributed by atoms with van der Waals surface area (Å²) in [4.78, 5) is 40.8. The number of Topliss-reactive ketones (excluding diaryl/α,β-unsaturated/α-hetero) is 1. The Balaban J connectivity index is 0.00000121. The number of aryl methyl sites for hydroxylation is 2. The van der Waals surface area contributed by atoms with E-state index in [1.165, 1.54) is 18.2 Å². The van der Waals surface area contributed by atoms with E-state index in [9.17, 15) is 9.59 Å². The van der Waals surface area contributed by atoms with Gasteiger partial charge < -0.3 is 14.8 Å². The molecular formula is C31H32N2O5. The maximum absolute atomic E-state index is 12.7. The van der Waals surface area contributed by atoms with Crippen molar-refractivity contribution in [3.8, 4) is 0 Å². The molecule has 4 rings (SSSR count). The van der Waals surface area contributed by atoms with Gasteiger partial charge in [0.2, 0.25) is 0 Å². The first-order valence-electron chi connectivity index (χ1n) is 12.1. The molecule has 0 radical (unpaired) electrons. The lowest BCUT2D eigenvalue weighted by molar-refractivity contribution is -0.0980. The number of fused-ring (bicyclic) bond motifs is 1. The zero-order chi connectivity index (χ0) is 27.9. The molecular weight excluding hydrogens is 480 g/mol. The van der Waals surface area contributed by atoms with Crippen molar-refractivity contribution in [1.29, 1.82) is 5.59 Å².